The first-order valence-corrected chi connectivity index (χ1v) is 11.6. The van der Waals surface area contributed by atoms with Gasteiger partial charge in [-0.1, -0.05) is 53.0 Å². The molecule has 0 N–H and O–H groups in total. The summed E-state index contributed by atoms with van der Waals surface area (Å²) in [6.45, 7) is 2.49. The standard InChI is InChI=1S/C21H22ClN3O4S/c1-15-9-11-16(12-10-15)28-14-20-23-21(24-29-20)18-7-4-5-13-25(18)30(26,27)19-8-3-2-6-17(19)22/h2-3,6,8-12,18H,4-5,7,13-14H2,1H3. The first-order chi connectivity index (χ1) is 14.4. The smallest absolute Gasteiger partial charge is 0.264 e. The topological polar surface area (TPSA) is 85.5 Å². The number of ether oxygens (including phenoxy) is 1. The molecule has 1 aliphatic rings. The lowest BCUT2D eigenvalue weighted by Gasteiger charge is -2.32. The monoisotopic (exact) mass is 447 g/mol. The van der Waals surface area contributed by atoms with Crippen LogP contribution >= 0.6 is 11.6 Å². The Balaban J connectivity index is 1.53. The number of piperidine rings is 1. The first kappa shape index (κ1) is 20.8. The fourth-order valence-corrected chi connectivity index (χ4v) is 5.62. The Kier molecular flexibility index (Phi) is 6.08. The van der Waals surface area contributed by atoms with E-state index in [0.717, 1.165) is 18.4 Å². The molecular formula is C21H22ClN3O4S. The summed E-state index contributed by atoms with van der Waals surface area (Å²) in [5, 5.41) is 4.24. The van der Waals surface area contributed by atoms with Gasteiger partial charge in [0.05, 0.1) is 11.1 Å². The van der Waals surface area contributed by atoms with Crippen molar-refractivity contribution in [2.75, 3.05) is 6.54 Å². The summed E-state index contributed by atoms with van der Waals surface area (Å²) < 4.78 is 39.0. The molecule has 2 aromatic carbocycles. The van der Waals surface area contributed by atoms with Crippen LogP contribution in [0.5, 0.6) is 5.75 Å². The Morgan fingerprint density at radius 3 is 2.70 bits per heavy atom. The molecule has 1 fully saturated rings. The minimum Gasteiger partial charge on any atom is -0.484 e. The predicted molar refractivity (Wildman–Crippen MR) is 112 cm³/mol. The van der Waals surface area contributed by atoms with E-state index < -0.39 is 16.1 Å². The lowest BCUT2D eigenvalue weighted by atomic mass is 10.0. The molecule has 0 amide bonds. The van der Waals surface area contributed by atoms with E-state index >= 15 is 0 Å². The average molecular weight is 448 g/mol. The summed E-state index contributed by atoms with van der Waals surface area (Å²) >= 11 is 6.16. The van der Waals surface area contributed by atoms with E-state index in [-0.39, 0.29) is 16.5 Å². The molecule has 0 aliphatic carbocycles. The number of sulfonamides is 1. The fraction of sp³-hybridized carbons (Fsp3) is 0.333. The van der Waals surface area contributed by atoms with Crippen LogP contribution in [-0.4, -0.2) is 29.4 Å². The number of hydrogen-bond acceptors (Lipinski definition) is 6. The van der Waals surface area contributed by atoms with Gasteiger partial charge in [0.1, 0.15) is 10.6 Å². The van der Waals surface area contributed by atoms with Crippen LogP contribution in [0.1, 0.15) is 42.6 Å². The summed E-state index contributed by atoms with van der Waals surface area (Å²) in [6, 6.07) is 13.6. The minimum atomic E-state index is -3.79. The third-order valence-corrected chi connectivity index (χ3v) is 7.45. The summed E-state index contributed by atoms with van der Waals surface area (Å²) in [6.07, 6.45) is 2.26. The molecule has 1 aliphatic heterocycles. The summed E-state index contributed by atoms with van der Waals surface area (Å²) in [5.74, 6) is 1.33. The van der Waals surface area contributed by atoms with Gasteiger partial charge in [0.25, 0.3) is 5.89 Å². The van der Waals surface area contributed by atoms with Gasteiger partial charge in [0.2, 0.25) is 10.0 Å². The van der Waals surface area contributed by atoms with Gasteiger partial charge in [-0.25, -0.2) is 8.42 Å². The van der Waals surface area contributed by atoms with Gasteiger partial charge in [-0.2, -0.15) is 9.29 Å². The predicted octanol–water partition coefficient (Wildman–Crippen LogP) is 4.53. The molecule has 0 saturated carbocycles. The van der Waals surface area contributed by atoms with Crippen molar-refractivity contribution in [3.63, 3.8) is 0 Å². The Labute approximate surface area is 180 Å². The van der Waals surface area contributed by atoms with Gasteiger partial charge in [0, 0.05) is 6.54 Å². The third-order valence-electron chi connectivity index (χ3n) is 5.04. The number of rotatable bonds is 6. The minimum absolute atomic E-state index is 0.0880. The van der Waals surface area contributed by atoms with Crippen LogP contribution in [0.2, 0.25) is 5.02 Å². The summed E-state index contributed by atoms with van der Waals surface area (Å²) in [7, 11) is -3.79. The van der Waals surface area contributed by atoms with Gasteiger partial charge in [-0.15, -0.1) is 0 Å². The number of aromatic nitrogens is 2. The molecule has 0 bridgehead atoms. The van der Waals surface area contributed by atoms with Gasteiger partial charge < -0.3 is 9.26 Å². The molecular weight excluding hydrogens is 426 g/mol. The van der Waals surface area contributed by atoms with Crippen LogP contribution in [0.25, 0.3) is 0 Å². The van der Waals surface area contributed by atoms with Crippen molar-refractivity contribution in [2.24, 2.45) is 0 Å². The highest BCUT2D eigenvalue weighted by atomic mass is 35.5. The average Bonchev–Trinajstić information content (AvgIpc) is 3.22. The zero-order valence-electron chi connectivity index (χ0n) is 16.5. The molecule has 7 nitrogen and oxygen atoms in total. The maximum Gasteiger partial charge on any atom is 0.264 e. The van der Waals surface area contributed by atoms with Gasteiger partial charge in [0.15, 0.2) is 12.4 Å². The van der Waals surface area contributed by atoms with E-state index in [4.69, 9.17) is 20.9 Å². The molecule has 1 unspecified atom stereocenters. The number of halogens is 1. The molecule has 2 heterocycles. The zero-order chi connectivity index (χ0) is 21.1. The third kappa shape index (κ3) is 4.35. The molecule has 4 rings (SSSR count). The van der Waals surface area contributed by atoms with E-state index in [0.29, 0.717) is 30.4 Å². The van der Waals surface area contributed by atoms with Crippen molar-refractivity contribution in [1.82, 2.24) is 14.4 Å². The van der Waals surface area contributed by atoms with E-state index in [1.54, 1.807) is 18.2 Å². The molecule has 0 spiro atoms. The molecule has 3 aromatic rings. The van der Waals surface area contributed by atoms with E-state index in [2.05, 4.69) is 10.1 Å². The van der Waals surface area contributed by atoms with Crippen molar-refractivity contribution in [1.29, 1.82) is 0 Å². The van der Waals surface area contributed by atoms with Crippen molar-refractivity contribution in [3.05, 3.63) is 70.8 Å². The second-order valence-corrected chi connectivity index (χ2v) is 9.47. The summed E-state index contributed by atoms with van der Waals surface area (Å²) in [4.78, 5) is 4.49. The first-order valence-electron chi connectivity index (χ1n) is 9.73. The van der Waals surface area contributed by atoms with Gasteiger partial charge in [-0.05, 0) is 44.0 Å². The van der Waals surface area contributed by atoms with Crippen LogP contribution in [0.3, 0.4) is 0 Å². The molecule has 1 saturated heterocycles. The SMILES string of the molecule is Cc1ccc(OCc2nc(C3CCCCN3S(=O)(=O)c3ccccc3Cl)no2)cc1. The number of aryl methyl sites for hydroxylation is 1. The van der Waals surface area contributed by atoms with E-state index in [1.807, 2.05) is 31.2 Å². The molecule has 0 radical (unpaired) electrons. The molecule has 1 aromatic heterocycles. The van der Waals surface area contributed by atoms with Crippen molar-refractivity contribution >= 4 is 21.6 Å². The van der Waals surface area contributed by atoms with Crippen LogP contribution in [-0.2, 0) is 16.6 Å². The highest BCUT2D eigenvalue weighted by Gasteiger charge is 2.37. The Morgan fingerprint density at radius 2 is 1.93 bits per heavy atom. The van der Waals surface area contributed by atoms with Crippen LogP contribution in [0.4, 0.5) is 0 Å². The highest BCUT2D eigenvalue weighted by molar-refractivity contribution is 7.89. The Morgan fingerprint density at radius 1 is 1.17 bits per heavy atom. The Bertz CT molecular complexity index is 1120. The molecule has 1 atom stereocenters. The van der Waals surface area contributed by atoms with Gasteiger partial charge >= 0.3 is 0 Å². The lowest BCUT2D eigenvalue weighted by molar-refractivity contribution is 0.231. The highest BCUT2D eigenvalue weighted by Crippen LogP contribution is 2.36. The largest absolute Gasteiger partial charge is 0.484 e. The Hall–Kier alpha value is -2.42. The second-order valence-electron chi connectivity index (χ2n) is 7.21. The van der Waals surface area contributed by atoms with Crippen LogP contribution < -0.4 is 4.74 Å². The molecule has 30 heavy (non-hydrogen) atoms. The van der Waals surface area contributed by atoms with Gasteiger partial charge in [-0.3, -0.25) is 0 Å². The van der Waals surface area contributed by atoms with Crippen LogP contribution in [0, 0.1) is 6.92 Å². The lowest BCUT2D eigenvalue weighted by Crippen LogP contribution is -2.39. The second kappa shape index (κ2) is 8.75. The zero-order valence-corrected chi connectivity index (χ0v) is 18.1. The number of benzene rings is 2. The molecule has 9 heteroatoms. The van der Waals surface area contributed by atoms with Crippen LogP contribution in [0.15, 0.2) is 57.9 Å². The maximum atomic E-state index is 13.3. The fourth-order valence-electron chi connectivity index (χ4n) is 3.47. The van der Waals surface area contributed by atoms with Crippen molar-refractivity contribution in [3.8, 4) is 5.75 Å². The summed E-state index contributed by atoms with van der Waals surface area (Å²) in [5.41, 5.74) is 1.14. The molecule has 158 valence electrons. The van der Waals surface area contributed by atoms with E-state index in [9.17, 15) is 8.42 Å². The van der Waals surface area contributed by atoms with Crippen molar-refractivity contribution in [2.45, 2.75) is 43.7 Å². The van der Waals surface area contributed by atoms with Crippen molar-refractivity contribution < 1.29 is 17.7 Å². The number of hydrogen-bond donors (Lipinski definition) is 0. The maximum absolute atomic E-state index is 13.3. The quantitative estimate of drug-likeness (QED) is 0.552. The normalized spacial score (nSPS) is 17.7. The van der Waals surface area contributed by atoms with E-state index in [1.165, 1.54) is 10.4 Å². The number of nitrogens with zero attached hydrogens (tertiary/aromatic N) is 3.